The zero-order valence-electron chi connectivity index (χ0n) is 8.01. The lowest BCUT2D eigenvalue weighted by atomic mass is 10.4. The molecule has 0 bridgehead atoms. The van der Waals surface area contributed by atoms with Crippen LogP contribution in [-0.4, -0.2) is 15.6 Å². The number of fused-ring (bicyclic) bond motifs is 1. The van der Waals surface area contributed by atoms with Gasteiger partial charge in [-0.15, -0.1) is 0 Å². The molecule has 0 fully saturated rings. The fourth-order valence-electron chi connectivity index (χ4n) is 0.980. The second kappa shape index (κ2) is 4.67. The molecule has 0 saturated heterocycles. The van der Waals surface area contributed by atoms with Crippen LogP contribution in [0.15, 0.2) is 42.7 Å². The molecule has 2 aromatic heterocycles. The van der Waals surface area contributed by atoms with Crippen LogP contribution in [0.1, 0.15) is 13.8 Å². The van der Waals surface area contributed by atoms with Crippen molar-refractivity contribution in [3.63, 3.8) is 0 Å². The number of aliphatic hydroxyl groups is 1. The van der Waals surface area contributed by atoms with Crippen molar-refractivity contribution in [2.75, 3.05) is 0 Å². The number of hydrogen-bond donors (Lipinski definition) is 1. The molecule has 2 nitrogen and oxygen atoms in total. The number of nitrogens with zero attached hydrogens (tertiary/aromatic N) is 1. The summed E-state index contributed by atoms with van der Waals surface area (Å²) in [6.45, 7) is 3.44. The molecule has 2 aromatic rings. The van der Waals surface area contributed by atoms with Gasteiger partial charge in [0.15, 0.2) is 0 Å². The molecule has 0 spiro atoms. The summed E-state index contributed by atoms with van der Waals surface area (Å²) in [6, 6.07) is 10.3. The van der Waals surface area contributed by atoms with E-state index in [0.29, 0.717) is 0 Å². The third-order valence-electron chi connectivity index (χ3n) is 1.44. The van der Waals surface area contributed by atoms with Gasteiger partial charge in [0.2, 0.25) is 0 Å². The molecule has 0 aliphatic carbocycles. The van der Waals surface area contributed by atoms with Gasteiger partial charge in [-0.1, -0.05) is 6.07 Å². The van der Waals surface area contributed by atoms with E-state index in [2.05, 4.69) is 16.5 Å². The minimum atomic E-state index is -0.167. The van der Waals surface area contributed by atoms with Crippen LogP contribution < -0.4 is 0 Å². The van der Waals surface area contributed by atoms with Gasteiger partial charge in [0, 0.05) is 24.0 Å². The summed E-state index contributed by atoms with van der Waals surface area (Å²) in [5.74, 6) is 0. The summed E-state index contributed by atoms with van der Waals surface area (Å²) in [6.07, 6.45) is 3.91. The van der Waals surface area contributed by atoms with Gasteiger partial charge in [0.25, 0.3) is 0 Å². The molecule has 0 radical (unpaired) electrons. The highest BCUT2D eigenvalue weighted by molar-refractivity contribution is 5.46. The van der Waals surface area contributed by atoms with Crippen molar-refractivity contribution < 1.29 is 5.11 Å². The zero-order chi connectivity index (χ0) is 9.68. The molecule has 0 saturated carbocycles. The zero-order valence-corrected chi connectivity index (χ0v) is 8.01. The predicted molar refractivity (Wildman–Crippen MR) is 54.8 cm³/mol. The summed E-state index contributed by atoms with van der Waals surface area (Å²) in [4.78, 5) is 0. The Morgan fingerprint density at radius 1 is 1.08 bits per heavy atom. The maximum Gasteiger partial charge on any atom is 0.0483 e. The smallest absolute Gasteiger partial charge is 0.0483 e. The van der Waals surface area contributed by atoms with Crippen LogP contribution in [0.5, 0.6) is 0 Å². The van der Waals surface area contributed by atoms with E-state index in [4.69, 9.17) is 5.11 Å². The first kappa shape index (κ1) is 9.81. The number of aliphatic hydroxyl groups excluding tert-OH is 1. The van der Waals surface area contributed by atoms with Gasteiger partial charge in [-0.25, -0.2) is 0 Å². The first-order valence-electron chi connectivity index (χ1n) is 4.40. The summed E-state index contributed by atoms with van der Waals surface area (Å²) in [5.41, 5.74) is 1.25. The highest BCUT2D eigenvalue weighted by Gasteiger charge is 1.83. The first-order chi connectivity index (χ1) is 6.20. The standard InChI is InChI=1S/C8H7N.C3H8O/c1-2-6-9-7-3-5-8(9)4-1;1-3(2)4/h1-7H;3-4H,1-2H3. The molecule has 0 atom stereocenters. The fourth-order valence-corrected chi connectivity index (χ4v) is 0.980. The van der Waals surface area contributed by atoms with Crippen LogP contribution in [0.3, 0.4) is 0 Å². The van der Waals surface area contributed by atoms with Gasteiger partial charge in [0.1, 0.15) is 0 Å². The topological polar surface area (TPSA) is 24.6 Å². The maximum atomic E-state index is 8.06. The van der Waals surface area contributed by atoms with E-state index < -0.39 is 0 Å². The molecule has 0 aliphatic rings. The van der Waals surface area contributed by atoms with Gasteiger partial charge in [-0.2, -0.15) is 0 Å². The van der Waals surface area contributed by atoms with Crippen LogP contribution in [0.4, 0.5) is 0 Å². The molecule has 0 amide bonds. The van der Waals surface area contributed by atoms with Crippen LogP contribution in [-0.2, 0) is 0 Å². The van der Waals surface area contributed by atoms with Crippen molar-refractivity contribution in [3.8, 4) is 0 Å². The maximum absolute atomic E-state index is 8.06. The summed E-state index contributed by atoms with van der Waals surface area (Å²) in [5, 5.41) is 8.06. The Hall–Kier alpha value is -1.28. The second-order valence-corrected chi connectivity index (χ2v) is 3.13. The van der Waals surface area contributed by atoms with Gasteiger partial charge >= 0.3 is 0 Å². The summed E-state index contributed by atoms with van der Waals surface area (Å²) in [7, 11) is 0. The number of rotatable bonds is 0. The van der Waals surface area contributed by atoms with Gasteiger partial charge in [-0.05, 0) is 38.1 Å². The third kappa shape index (κ3) is 3.30. The third-order valence-corrected chi connectivity index (χ3v) is 1.44. The van der Waals surface area contributed by atoms with E-state index in [-0.39, 0.29) is 6.10 Å². The van der Waals surface area contributed by atoms with E-state index in [0.717, 1.165) is 0 Å². The summed E-state index contributed by atoms with van der Waals surface area (Å²) >= 11 is 0. The normalized spacial score (nSPS) is 9.85. The van der Waals surface area contributed by atoms with Crippen molar-refractivity contribution in [2.45, 2.75) is 20.0 Å². The summed E-state index contributed by atoms with van der Waals surface area (Å²) < 4.78 is 2.08. The van der Waals surface area contributed by atoms with Crippen LogP contribution in [0.25, 0.3) is 5.52 Å². The minimum absolute atomic E-state index is 0.167. The van der Waals surface area contributed by atoms with Crippen LogP contribution >= 0.6 is 0 Å². The molecule has 13 heavy (non-hydrogen) atoms. The monoisotopic (exact) mass is 177 g/mol. The minimum Gasteiger partial charge on any atom is -0.394 e. The molecule has 1 N–H and O–H groups in total. The number of aromatic nitrogens is 1. The quantitative estimate of drug-likeness (QED) is 0.656. The molecular weight excluding hydrogens is 162 g/mol. The Morgan fingerprint density at radius 3 is 2.23 bits per heavy atom. The Kier molecular flexibility index (Phi) is 3.53. The first-order valence-corrected chi connectivity index (χ1v) is 4.40. The largest absolute Gasteiger partial charge is 0.394 e. The molecule has 0 unspecified atom stereocenters. The van der Waals surface area contributed by atoms with Crippen LogP contribution in [0, 0.1) is 0 Å². The fraction of sp³-hybridized carbons (Fsp3) is 0.273. The number of pyridine rings is 1. The molecule has 2 rings (SSSR count). The van der Waals surface area contributed by atoms with Crippen molar-refractivity contribution in [1.82, 2.24) is 4.40 Å². The van der Waals surface area contributed by atoms with Gasteiger partial charge in [0.05, 0.1) is 0 Å². The highest BCUT2D eigenvalue weighted by Crippen LogP contribution is 2.01. The average molecular weight is 177 g/mol. The van der Waals surface area contributed by atoms with Crippen molar-refractivity contribution in [1.29, 1.82) is 0 Å². The Bertz CT molecular complexity index is 319. The van der Waals surface area contributed by atoms with Crippen LogP contribution in [0.2, 0.25) is 0 Å². The van der Waals surface area contributed by atoms with E-state index in [1.54, 1.807) is 13.8 Å². The Labute approximate surface area is 78.4 Å². The van der Waals surface area contributed by atoms with Gasteiger partial charge in [-0.3, -0.25) is 0 Å². The van der Waals surface area contributed by atoms with Crippen molar-refractivity contribution >= 4 is 5.52 Å². The van der Waals surface area contributed by atoms with E-state index >= 15 is 0 Å². The van der Waals surface area contributed by atoms with E-state index in [1.807, 2.05) is 30.6 Å². The molecule has 0 aromatic carbocycles. The molecule has 2 heterocycles. The molecule has 0 aliphatic heterocycles. The molecule has 2 heteroatoms. The lowest BCUT2D eigenvalue weighted by molar-refractivity contribution is 0.216. The Morgan fingerprint density at radius 2 is 1.62 bits per heavy atom. The van der Waals surface area contributed by atoms with E-state index in [1.165, 1.54) is 5.52 Å². The average Bonchev–Trinajstić information content (AvgIpc) is 2.49. The highest BCUT2D eigenvalue weighted by atomic mass is 16.3. The second-order valence-electron chi connectivity index (χ2n) is 3.13. The Balaban J connectivity index is 0.000000184. The lowest BCUT2D eigenvalue weighted by Gasteiger charge is -1.88. The van der Waals surface area contributed by atoms with Crippen molar-refractivity contribution in [2.24, 2.45) is 0 Å². The molecular formula is C11H15NO. The lowest BCUT2D eigenvalue weighted by Crippen LogP contribution is -1.85. The number of hydrogen-bond acceptors (Lipinski definition) is 1. The van der Waals surface area contributed by atoms with Gasteiger partial charge < -0.3 is 9.51 Å². The SMILES string of the molecule is CC(C)O.c1ccn2cccc2c1. The van der Waals surface area contributed by atoms with E-state index in [9.17, 15) is 0 Å². The molecule has 70 valence electrons. The van der Waals surface area contributed by atoms with Crippen molar-refractivity contribution in [3.05, 3.63) is 42.7 Å². The predicted octanol–water partition coefficient (Wildman–Crippen LogP) is 2.33.